The molecule has 0 spiro atoms. The van der Waals surface area contributed by atoms with Gasteiger partial charge in [-0.25, -0.2) is 14.0 Å². The van der Waals surface area contributed by atoms with Crippen LogP contribution in [0.5, 0.6) is 0 Å². The van der Waals surface area contributed by atoms with Gasteiger partial charge in [-0.3, -0.25) is 4.98 Å². The van der Waals surface area contributed by atoms with Crippen molar-refractivity contribution >= 4 is 34.2 Å². The zero-order chi connectivity index (χ0) is 21.1. The maximum absolute atomic E-state index is 14.1. The predicted molar refractivity (Wildman–Crippen MR) is 91.0 cm³/mol. The Balaban J connectivity index is 0.000000345. The van der Waals surface area contributed by atoms with Gasteiger partial charge in [0.25, 0.3) is 0 Å². The van der Waals surface area contributed by atoms with E-state index < -0.39 is 23.9 Å². The number of carboxylic acid groups (broad SMARTS) is 2. The number of hydrogen-bond donors (Lipinski definition) is 3. The minimum absolute atomic E-state index is 0.00640. The van der Waals surface area contributed by atoms with Gasteiger partial charge in [0, 0.05) is 25.1 Å². The van der Waals surface area contributed by atoms with E-state index in [-0.39, 0.29) is 16.8 Å². The Morgan fingerprint density at radius 3 is 2.18 bits per heavy atom. The quantitative estimate of drug-likeness (QED) is 0.579. The number of pyridine rings is 1. The molecule has 2 heterocycles. The van der Waals surface area contributed by atoms with Crippen LogP contribution in [0.2, 0.25) is 0 Å². The van der Waals surface area contributed by atoms with E-state index in [1.807, 2.05) is 0 Å². The molecule has 0 fully saturated rings. The van der Waals surface area contributed by atoms with E-state index in [1.54, 1.807) is 43.7 Å². The van der Waals surface area contributed by atoms with Crippen molar-refractivity contribution in [2.45, 2.75) is 6.18 Å². The van der Waals surface area contributed by atoms with Crippen LogP contribution < -0.4 is 5.32 Å². The number of rotatable bonds is 3. The number of carbonyl (C=O) groups is 2. The second-order valence-electron chi connectivity index (χ2n) is 5.39. The van der Waals surface area contributed by atoms with Gasteiger partial charge in [0.2, 0.25) is 0 Å². The summed E-state index contributed by atoms with van der Waals surface area (Å²) in [7, 11) is 1.60. The first kappa shape index (κ1) is 20.7. The number of nitrogens with one attached hydrogen (secondary N) is 1. The topological polar surface area (TPSA) is 104 Å². The summed E-state index contributed by atoms with van der Waals surface area (Å²) in [5.41, 5.74) is 1.41. The van der Waals surface area contributed by atoms with Gasteiger partial charge in [-0.15, -0.1) is 0 Å². The van der Waals surface area contributed by atoms with Gasteiger partial charge in [0.05, 0.1) is 16.6 Å². The third kappa shape index (κ3) is 4.37. The number of aromatic carboxylic acids is 1. The molecule has 3 N–H and O–H groups in total. The smallest absolute Gasteiger partial charge is 0.477 e. The fourth-order valence-electron chi connectivity index (χ4n) is 2.40. The van der Waals surface area contributed by atoms with Crippen molar-refractivity contribution in [2.75, 3.05) is 5.32 Å². The number of aryl methyl sites for hydroxylation is 1. The number of hydrogen-bond acceptors (Lipinski definition) is 4. The summed E-state index contributed by atoms with van der Waals surface area (Å²) in [6.45, 7) is 0. The molecule has 0 unspecified atom stereocenters. The summed E-state index contributed by atoms with van der Waals surface area (Å²) in [5.74, 6) is -4.34. The summed E-state index contributed by atoms with van der Waals surface area (Å²) in [6, 6.07) is 7.92. The maximum atomic E-state index is 14.1. The first-order valence-electron chi connectivity index (χ1n) is 7.51. The van der Waals surface area contributed by atoms with Crippen molar-refractivity contribution in [3.05, 3.63) is 54.2 Å². The highest BCUT2D eigenvalue weighted by atomic mass is 19.4. The minimum atomic E-state index is -5.08. The Hall–Kier alpha value is -3.63. The lowest BCUT2D eigenvalue weighted by Gasteiger charge is -2.07. The first-order valence-corrected chi connectivity index (χ1v) is 7.51. The summed E-state index contributed by atoms with van der Waals surface area (Å²) in [5, 5.41) is 19.8. The van der Waals surface area contributed by atoms with Gasteiger partial charge < -0.3 is 20.1 Å². The number of nitrogens with zero attached hydrogens (tertiary/aromatic N) is 2. The molecule has 2 aromatic heterocycles. The molecule has 1 aromatic carbocycles. The van der Waals surface area contributed by atoms with Gasteiger partial charge in [-0.2, -0.15) is 13.2 Å². The van der Waals surface area contributed by atoms with Crippen LogP contribution in [0.1, 0.15) is 10.5 Å². The Morgan fingerprint density at radius 2 is 1.68 bits per heavy atom. The summed E-state index contributed by atoms with van der Waals surface area (Å²) in [4.78, 5) is 24.3. The van der Waals surface area contributed by atoms with Crippen LogP contribution in [-0.4, -0.2) is 37.9 Å². The van der Waals surface area contributed by atoms with Crippen molar-refractivity contribution in [3.63, 3.8) is 0 Å². The standard InChI is InChI=1S/C15H12FN3O2.C2HF3O2/c1-19-11-4-2-3-10(16)12(11)13(14(19)15(20)21)18-9-5-7-17-8-6-9;3-2(4,5)1(6)7/h2-8H,1H3,(H,17,18)(H,20,21);(H,6,7). The number of halogens is 4. The molecule has 0 saturated carbocycles. The lowest BCUT2D eigenvalue weighted by molar-refractivity contribution is -0.192. The Kier molecular flexibility index (Phi) is 5.87. The van der Waals surface area contributed by atoms with E-state index in [1.165, 1.54) is 10.6 Å². The fraction of sp³-hybridized carbons (Fsp3) is 0.118. The summed E-state index contributed by atoms with van der Waals surface area (Å²) < 4.78 is 47.3. The predicted octanol–water partition coefficient (Wildman–Crippen LogP) is 3.79. The molecule has 0 amide bonds. The van der Waals surface area contributed by atoms with Gasteiger partial charge in [0.1, 0.15) is 5.82 Å². The largest absolute Gasteiger partial charge is 0.490 e. The summed E-state index contributed by atoms with van der Waals surface area (Å²) >= 11 is 0. The van der Waals surface area contributed by atoms with Crippen molar-refractivity contribution in [3.8, 4) is 0 Å². The Bertz CT molecular complexity index is 1020. The van der Waals surface area contributed by atoms with Crippen LogP contribution in [0.3, 0.4) is 0 Å². The van der Waals surface area contributed by atoms with Crippen molar-refractivity contribution in [1.29, 1.82) is 0 Å². The van der Waals surface area contributed by atoms with Gasteiger partial charge in [-0.05, 0) is 24.3 Å². The van der Waals surface area contributed by atoms with Crippen LogP contribution in [0.15, 0.2) is 42.7 Å². The molecule has 11 heteroatoms. The van der Waals surface area contributed by atoms with Crippen LogP contribution in [0.25, 0.3) is 10.9 Å². The highest BCUT2D eigenvalue weighted by Crippen LogP contribution is 2.34. The highest BCUT2D eigenvalue weighted by molar-refractivity contribution is 6.07. The minimum Gasteiger partial charge on any atom is -0.477 e. The molecule has 28 heavy (non-hydrogen) atoms. The average molecular weight is 399 g/mol. The SMILES string of the molecule is Cn1c(C(=O)O)c(Nc2ccncc2)c2c(F)cccc21.O=C(O)C(F)(F)F. The normalized spacial score (nSPS) is 10.9. The Labute approximate surface area is 154 Å². The molecule has 7 nitrogen and oxygen atoms in total. The molecule has 0 atom stereocenters. The molecule has 0 bridgehead atoms. The molecular formula is C17H13F4N3O4. The van der Waals surface area contributed by atoms with E-state index in [2.05, 4.69) is 10.3 Å². The molecule has 0 saturated heterocycles. The third-order valence-electron chi connectivity index (χ3n) is 3.57. The van der Waals surface area contributed by atoms with Gasteiger partial charge in [-0.1, -0.05) is 6.07 Å². The van der Waals surface area contributed by atoms with E-state index in [4.69, 9.17) is 9.90 Å². The van der Waals surface area contributed by atoms with Crippen LogP contribution in [-0.2, 0) is 11.8 Å². The second-order valence-corrected chi connectivity index (χ2v) is 5.39. The van der Waals surface area contributed by atoms with E-state index in [0.717, 1.165) is 0 Å². The lowest BCUT2D eigenvalue weighted by atomic mass is 10.2. The van der Waals surface area contributed by atoms with Crippen LogP contribution in [0, 0.1) is 5.82 Å². The fourth-order valence-corrected chi connectivity index (χ4v) is 2.40. The average Bonchev–Trinajstić information content (AvgIpc) is 2.89. The van der Waals surface area contributed by atoms with Gasteiger partial charge in [0.15, 0.2) is 5.69 Å². The monoisotopic (exact) mass is 399 g/mol. The first-order chi connectivity index (χ1) is 13.0. The summed E-state index contributed by atoms with van der Waals surface area (Å²) in [6.07, 6.45) is -1.94. The maximum Gasteiger partial charge on any atom is 0.490 e. The molecule has 0 aliphatic carbocycles. The number of anilines is 2. The second kappa shape index (κ2) is 7.94. The Morgan fingerprint density at radius 1 is 1.11 bits per heavy atom. The van der Waals surface area contributed by atoms with Gasteiger partial charge >= 0.3 is 18.1 Å². The molecule has 0 aliphatic rings. The third-order valence-corrected chi connectivity index (χ3v) is 3.57. The highest BCUT2D eigenvalue weighted by Gasteiger charge is 2.38. The zero-order valence-electron chi connectivity index (χ0n) is 14.2. The van der Waals surface area contributed by atoms with E-state index in [0.29, 0.717) is 11.2 Å². The number of aliphatic carboxylic acids is 1. The van der Waals surface area contributed by atoms with Crippen LogP contribution in [0.4, 0.5) is 28.9 Å². The van der Waals surface area contributed by atoms with E-state index in [9.17, 15) is 27.5 Å². The number of aromatic nitrogens is 2. The molecule has 3 rings (SSSR count). The van der Waals surface area contributed by atoms with Crippen molar-refractivity contribution in [2.24, 2.45) is 7.05 Å². The number of alkyl halides is 3. The molecule has 0 radical (unpaired) electrons. The molecular weight excluding hydrogens is 386 g/mol. The van der Waals surface area contributed by atoms with Crippen molar-refractivity contribution < 1.29 is 37.4 Å². The van der Waals surface area contributed by atoms with Crippen molar-refractivity contribution in [1.82, 2.24) is 9.55 Å². The molecule has 3 aromatic rings. The lowest BCUT2D eigenvalue weighted by Crippen LogP contribution is -2.21. The zero-order valence-corrected chi connectivity index (χ0v) is 14.2. The molecule has 148 valence electrons. The number of benzene rings is 1. The van der Waals surface area contributed by atoms with Crippen LogP contribution >= 0.6 is 0 Å². The molecule has 0 aliphatic heterocycles. The number of fused-ring (bicyclic) bond motifs is 1. The van der Waals surface area contributed by atoms with E-state index >= 15 is 0 Å². The number of carboxylic acids is 2.